The molecule has 2 aromatic rings. The molecule has 0 aliphatic heterocycles. The highest BCUT2D eigenvalue weighted by Crippen LogP contribution is 2.36. The van der Waals surface area contributed by atoms with Gasteiger partial charge >= 0.3 is 5.97 Å². The molecule has 0 aliphatic rings. The molecule has 1 N–H and O–H groups in total. The highest BCUT2D eigenvalue weighted by atomic mass is 16.5. The third-order valence-electron chi connectivity index (χ3n) is 2.64. The van der Waals surface area contributed by atoms with Gasteiger partial charge in [0.25, 0.3) is 0 Å². The van der Waals surface area contributed by atoms with Crippen molar-refractivity contribution in [2.45, 2.75) is 0 Å². The van der Waals surface area contributed by atoms with Crippen molar-refractivity contribution >= 4 is 5.97 Å². The molecule has 6 heteroatoms. The van der Waals surface area contributed by atoms with E-state index in [1.165, 1.54) is 13.3 Å². The number of esters is 1. The van der Waals surface area contributed by atoms with Crippen LogP contribution in [-0.4, -0.2) is 37.3 Å². The van der Waals surface area contributed by atoms with E-state index in [0.29, 0.717) is 22.9 Å². The van der Waals surface area contributed by atoms with Crippen LogP contribution in [0.5, 0.6) is 11.5 Å². The molecule has 0 aliphatic carbocycles. The number of hydrogen-bond donors (Lipinski definition) is 1. The van der Waals surface area contributed by atoms with Gasteiger partial charge in [0.2, 0.25) is 0 Å². The summed E-state index contributed by atoms with van der Waals surface area (Å²) >= 11 is 0. The van der Waals surface area contributed by atoms with Gasteiger partial charge in [-0.15, -0.1) is 0 Å². The molecular weight excluding hydrogens is 248 g/mol. The average molecular weight is 262 g/mol. The van der Waals surface area contributed by atoms with Gasteiger partial charge in [-0.25, -0.2) is 9.78 Å². The average Bonchev–Trinajstić information content (AvgIpc) is 2.95. The molecule has 2 rings (SSSR count). The Morgan fingerprint density at radius 1 is 1.21 bits per heavy atom. The molecule has 0 unspecified atom stereocenters. The van der Waals surface area contributed by atoms with Gasteiger partial charge in [0.05, 0.1) is 33.1 Å². The summed E-state index contributed by atoms with van der Waals surface area (Å²) in [5, 5.41) is 0. The minimum Gasteiger partial charge on any atom is -0.493 e. The van der Waals surface area contributed by atoms with Gasteiger partial charge in [-0.2, -0.15) is 0 Å². The van der Waals surface area contributed by atoms with E-state index >= 15 is 0 Å². The number of carbonyl (C=O) groups excluding carboxylic acids is 1. The first-order valence-electron chi connectivity index (χ1n) is 5.56. The predicted octanol–water partition coefficient (Wildman–Crippen LogP) is 1.88. The Morgan fingerprint density at radius 2 is 2.00 bits per heavy atom. The molecule has 6 nitrogen and oxygen atoms in total. The van der Waals surface area contributed by atoms with Crippen LogP contribution in [0.4, 0.5) is 0 Å². The van der Waals surface area contributed by atoms with Crippen molar-refractivity contribution < 1.29 is 19.0 Å². The summed E-state index contributed by atoms with van der Waals surface area (Å²) in [5.41, 5.74) is 0.986. The number of hydrogen-bond acceptors (Lipinski definition) is 5. The van der Waals surface area contributed by atoms with Crippen LogP contribution in [0.15, 0.2) is 24.4 Å². The van der Waals surface area contributed by atoms with E-state index in [2.05, 4.69) is 14.7 Å². The second kappa shape index (κ2) is 5.43. The molecule has 0 saturated carbocycles. The fourth-order valence-electron chi connectivity index (χ4n) is 1.75. The fourth-order valence-corrected chi connectivity index (χ4v) is 1.75. The Kier molecular flexibility index (Phi) is 3.70. The van der Waals surface area contributed by atoms with E-state index in [9.17, 15) is 4.79 Å². The topological polar surface area (TPSA) is 73.4 Å². The molecule has 0 atom stereocenters. The van der Waals surface area contributed by atoms with Crippen molar-refractivity contribution in [3.05, 3.63) is 30.1 Å². The van der Waals surface area contributed by atoms with Crippen LogP contribution in [0.1, 0.15) is 10.5 Å². The van der Waals surface area contributed by atoms with Crippen LogP contribution in [0, 0.1) is 0 Å². The molecular formula is C13H14N2O4. The van der Waals surface area contributed by atoms with Crippen molar-refractivity contribution in [1.29, 1.82) is 0 Å². The van der Waals surface area contributed by atoms with Crippen molar-refractivity contribution in [3.8, 4) is 22.9 Å². The number of aromatic nitrogens is 2. The van der Waals surface area contributed by atoms with Gasteiger partial charge in [0.1, 0.15) is 11.5 Å². The van der Waals surface area contributed by atoms with Gasteiger partial charge in [0.15, 0.2) is 11.5 Å². The number of aromatic amines is 1. The molecule has 0 radical (unpaired) electrons. The molecule has 0 amide bonds. The van der Waals surface area contributed by atoms with E-state index in [1.54, 1.807) is 20.3 Å². The number of carbonyl (C=O) groups is 1. The Hall–Kier alpha value is -2.50. The maximum atomic E-state index is 11.4. The van der Waals surface area contributed by atoms with E-state index in [0.717, 1.165) is 0 Å². The van der Waals surface area contributed by atoms with Gasteiger partial charge in [-0.1, -0.05) is 6.07 Å². The molecule has 0 saturated heterocycles. The number of nitrogens with zero attached hydrogens (tertiary/aromatic N) is 1. The number of nitrogens with one attached hydrogen (secondary N) is 1. The van der Waals surface area contributed by atoms with Crippen molar-refractivity contribution in [2.24, 2.45) is 0 Å². The first-order chi connectivity index (χ1) is 9.21. The van der Waals surface area contributed by atoms with Crippen molar-refractivity contribution in [2.75, 3.05) is 21.3 Å². The summed E-state index contributed by atoms with van der Waals surface area (Å²) in [6.07, 6.45) is 1.42. The maximum Gasteiger partial charge on any atom is 0.356 e. The largest absolute Gasteiger partial charge is 0.493 e. The van der Waals surface area contributed by atoms with Crippen molar-refractivity contribution in [3.63, 3.8) is 0 Å². The summed E-state index contributed by atoms with van der Waals surface area (Å²) in [5.74, 6) is 1.18. The van der Waals surface area contributed by atoms with E-state index in [-0.39, 0.29) is 5.69 Å². The standard InChI is InChI=1S/C13H14N2O4/c1-17-10-6-4-5-8(11(10)18-2)12-14-7-9(15-12)13(16)19-3/h4-7H,1-3H3,(H,14,15). The Morgan fingerprint density at radius 3 is 2.63 bits per heavy atom. The summed E-state index contributed by atoms with van der Waals surface area (Å²) < 4.78 is 15.2. The van der Waals surface area contributed by atoms with Crippen LogP contribution >= 0.6 is 0 Å². The summed E-state index contributed by atoms with van der Waals surface area (Å²) in [7, 11) is 4.42. The molecule has 0 bridgehead atoms. The van der Waals surface area contributed by atoms with Crippen LogP contribution < -0.4 is 9.47 Å². The normalized spacial score (nSPS) is 10.1. The highest BCUT2D eigenvalue weighted by molar-refractivity contribution is 5.88. The van der Waals surface area contributed by atoms with Crippen LogP contribution in [-0.2, 0) is 4.74 Å². The third kappa shape index (κ3) is 2.37. The highest BCUT2D eigenvalue weighted by Gasteiger charge is 2.16. The van der Waals surface area contributed by atoms with E-state index < -0.39 is 5.97 Å². The van der Waals surface area contributed by atoms with Gasteiger partial charge in [0, 0.05) is 0 Å². The Bertz CT molecular complexity index is 592. The second-order valence-corrected chi connectivity index (χ2v) is 3.68. The van der Waals surface area contributed by atoms with Gasteiger partial charge in [-0.05, 0) is 12.1 Å². The Balaban J connectivity index is 2.47. The molecule has 1 aromatic heterocycles. The van der Waals surface area contributed by atoms with E-state index in [4.69, 9.17) is 9.47 Å². The minimum absolute atomic E-state index is 0.280. The summed E-state index contributed by atoms with van der Waals surface area (Å²) in [6.45, 7) is 0. The number of ether oxygens (including phenoxy) is 3. The number of benzene rings is 1. The lowest BCUT2D eigenvalue weighted by molar-refractivity contribution is 0.0595. The summed E-state index contributed by atoms with van der Waals surface area (Å²) in [4.78, 5) is 18.4. The zero-order valence-electron chi connectivity index (χ0n) is 10.9. The number of rotatable bonds is 4. The van der Waals surface area contributed by atoms with Crippen LogP contribution in [0.3, 0.4) is 0 Å². The number of para-hydroxylation sites is 1. The third-order valence-corrected chi connectivity index (χ3v) is 2.64. The SMILES string of the molecule is COC(=O)c1cnc(-c2cccc(OC)c2OC)[nH]1. The first kappa shape index (κ1) is 12.9. The molecule has 1 heterocycles. The molecule has 1 aromatic carbocycles. The zero-order chi connectivity index (χ0) is 13.8. The molecule has 0 spiro atoms. The lowest BCUT2D eigenvalue weighted by atomic mass is 10.1. The maximum absolute atomic E-state index is 11.4. The predicted molar refractivity (Wildman–Crippen MR) is 68.5 cm³/mol. The monoisotopic (exact) mass is 262 g/mol. The van der Waals surface area contributed by atoms with Gasteiger partial charge in [-0.3, -0.25) is 0 Å². The second-order valence-electron chi connectivity index (χ2n) is 3.68. The first-order valence-corrected chi connectivity index (χ1v) is 5.56. The minimum atomic E-state index is -0.472. The number of H-pyrrole nitrogens is 1. The lowest BCUT2D eigenvalue weighted by Gasteiger charge is -2.10. The lowest BCUT2D eigenvalue weighted by Crippen LogP contribution is -2.01. The molecule has 19 heavy (non-hydrogen) atoms. The molecule has 0 fully saturated rings. The number of methoxy groups -OCH3 is 3. The Labute approximate surface area is 110 Å². The van der Waals surface area contributed by atoms with Crippen molar-refractivity contribution in [1.82, 2.24) is 9.97 Å². The van der Waals surface area contributed by atoms with Crippen LogP contribution in [0.2, 0.25) is 0 Å². The van der Waals surface area contributed by atoms with Gasteiger partial charge < -0.3 is 19.2 Å². The zero-order valence-corrected chi connectivity index (χ0v) is 10.9. The van der Waals surface area contributed by atoms with Crippen LogP contribution in [0.25, 0.3) is 11.4 Å². The fraction of sp³-hybridized carbons (Fsp3) is 0.231. The summed E-state index contributed by atoms with van der Waals surface area (Å²) in [6, 6.07) is 5.42. The number of imidazole rings is 1. The van der Waals surface area contributed by atoms with E-state index in [1.807, 2.05) is 12.1 Å². The quantitative estimate of drug-likeness (QED) is 0.851. The molecule has 100 valence electrons. The smallest absolute Gasteiger partial charge is 0.356 e.